The van der Waals surface area contributed by atoms with E-state index in [-0.39, 0.29) is 28.2 Å². The molecule has 0 bridgehead atoms. The predicted molar refractivity (Wildman–Crippen MR) is 120 cm³/mol. The van der Waals surface area contributed by atoms with Crippen molar-refractivity contribution in [2.45, 2.75) is 0 Å². The lowest BCUT2D eigenvalue weighted by Gasteiger charge is -2.37. The largest absolute Gasteiger partial charge is 0.497 e. The highest BCUT2D eigenvalue weighted by molar-refractivity contribution is 7.92. The van der Waals surface area contributed by atoms with Crippen molar-refractivity contribution >= 4 is 50.5 Å². The van der Waals surface area contributed by atoms with E-state index < -0.39 is 10.0 Å². The molecule has 0 spiro atoms. The molecular weight excluding hydrogens is 449 g/mol. The molecule has 0 atom stereocenters. The Labute approximate surface area is 186 Å². The Morgan fingerprint density at radius 3 is 2.27 bits per heavy atom. The van der Waals surface area contributed by atoms with Crippen molar-refractivity contribution in [1.82, 2.24) is 4.90 Å². The zero-order valence-electron chi connectivity index (χ0n) is 16.7. The topological polar surface area (TPSA) is 70.2 Å². The number of halogens is 2. The molecule has 1 aliphatic rings. The van der Waals surface area contributed by atoms with Crippen LogP contribution in [0.1, 0.15) is 0 Å². The number of amides is 1. The molecule has 1 aliphatic heterocycles. The molecule has 1 amide bonds. The second kappa shape index (κ2) is 9.32. The number of hydrogen-bond acceptors (Lipinski definition) is 5. The van der Waals surface area contributed by atoms with Gasteiger partial charge in [-0.1, -0.05) is 29.3 Å². The first kappa shape index (κ1) is 22.5. The van der Waals surface area contributed by atoms with Crippen LogP contribution in [-0.2, 0) is 14.8 Å². The number of piperazine rings is 1. The lowest BCUT2D eigenvalue weighted by Crippen LogP contribution is -2.52. The smallest absolute Gasteiger partial charge is 0.243 e. The van der Waals surface area contributed by atoms with Crippen LogP contribution in [0.4, 0.5) is 11.4 Å². The number of benzene rings is 2. The standard InChI is InChI=1S/C20H23Cl2N3O4S/c1-29-16-8-6-15(7-9-16)23-10-12-24(13-11-23)19(26)14-25(30(2,27)28)18-5-3-4-17(21)20(18)22/h3-9H,10-14H2,1-2H3. The first-order valence-corrected chi connectivity index (χ1v) is 11.9. The summed E-state index contributed by atoms with van der Waals surface area (Å²) < 4.78 is 30.9. The van der Waals surface area contributed by atoms with E-state index in [9.17, 15) is 13.2 Å². The van der Waals surface area contributed by atoms with Gasteiger partial charge in [0, 0.05) is 31.9 Å². The summed E-state index contributed by atoms with van der Waals surface area (Å²) in [6.07, 6.45) is 1.04. The van der Waals surface area contributed by atoms with Gasteiger partial charge in [0.1, 0.15) is 12.3 Å². The Morgan fingerprint density at radius 1 is 1.07 bits per heavy atom. The van der Waals surface area contributed by atoms with E-state index in [1.54, 1.807) is 24.1 Å². The van der Waals surface area contributed by atoms with Gasteiger partial charge >= 0.3 is 0 Å². The van der Waals surface area contributed by atoms with Crippen molar-refractivity contribution in [2.75, 3.05) is 55.3 Å². The van der Waals surface area contributed by atoms with Crippen molar-refractivity contribution in [2.24, 2.45) is 0 Å². The Bertz CT molecular complexity index is 1010. The molecule has 2 aromatic rings. The van der Waals surface area contributed by atoms with Gasteiger partial charge in [-0.05, 0) is 36.4 Å². The van der Waals surface area contributed by atoms with Crippen molar-refractivity contribution in [3.63, 3.8) is 0 Å². The highest BCUT2D eigenvalue weighted by Crippen LogP contribution is 2.33. The number of sulfonamides is 1. The summed E-state index contributed by atoms with van der Waals surface area (Å²) in [5.74, 6) is 0.499. The zero-order chi connectivity index (χ0) is 21.9. The molecule has 2 aromatic carbocycles. The van der Waals surface area contributed by atoms with Gasteiger partial charge in [0.15, 0.2) is 0 Å². The summed E-state index contributed by atoms with van der Waals surface area (Å²) in [6, 6.07) is 12.4. The van der Waals surface area contributed by atoms with Crippen LogP contribution in [0.3, 0.4) is 0 Å². The average Bonchev–Trinajstić information content (AvgIpc) is 2.73. The zero-order valence-corrected chi connectivity index (χ0v) is 19.0. The fraction of sp³-hybridized carbons (Fsp3) is 0.350. The summed E-state index contributed by atoms with van der Waals surface area (Å²) in [7, 11) is -2.11. The van der Waals surface area contributed by atoms with Crippen molar-refractivity contribution in [3.05, 3.63) is 52.5 Å². The van der Waals surface area contributed by atoms with Gasteiger partial charge in [0.25, 0.3) is 0 Å². The molecule has 1 heterocycles. The van der Waals surface area contributed by atoms with E-state index in [1.165, 1.54) is 6.07 Å². The maximum absolute atomic E-state index is 12.9. The SMILES string of the molecule is COc1ccc(N2CCN(C(=O)CN(c3cccc(Cl)c3Cl)S(C)(=O)=O)CC2)cc1. The molecule has 0 radical (unpaired) electrons. The summed E-state index contributed by atoms with van der Waals surface area (Å²) in [5, 5.41) is 0.324. The van der Waals surface area contributed by atoms with Gasteiger partial charge in [-0.15, -0.1) is 0 Å². The number of anilines is 2. The third kappa shape index (κ3) is 5.11. The summed E-state index contributed by atoms with van der Waals surface area (Å²) >= 11 is 12.2. The van der Waals surface area contributed by atoms with Crippen LogP contribution in [0.15, 0.2) is 42.5 Å². The minimum atomic E-state index is -3.73. The van der Waals surface area contributed by atoms with E-state index in [2.05, 4.69) is 4.90 Å². The third-order valence-electron chi connectivity index (χ3n) is 4.95. The Kier molecular flexibility index (Phi) is 7.00. The lowest BCUT2D eigenvalue weighted by atomic mass is 10.2. The van der Waals surface area contributed by atoms with Crippen LogP contribution in [-0.4, -0.2) is 65.3 Å². The molecule has 0 N–H and O–H groups in total. The molecule has 3 rings (SSSR count). The molecule has 0 aliphatic carbocycles. The fourth-order valence-electron chi connectivity index (χ4n) is 3.30. The highest BCUT2D eigenvalue weighted by Gasteiger charge is 2.28. The number of carbonyl (C=O) groups excluding carboxylic acids is 1. The summed E-state index contributed by atoms with van der Waals surface area (Å²) in [5.41, 5.74) is 1.24. The number of methoxy groups -OCH3 is 1. The van der Waals surface area contributed by atoms with Crippen molar-refractivity contribution < 1.29 is 17.9 Å². The van der Waals surface area contributed by atoms with Crippen LogP contribution in [0.5, 0.6) is 5.75 Å². The van der Waals surface area contributed by atoms with Crippen LogP contribution in [0.25, 0.3) is 0 Å². The quantitative estimate of drug-likeness (QED) is 0.647. The monoisotopic (exact) mass is 471 g/mol. The average molecular weight is 472 g/mol. The maximum atomic E-state index is 12.9. The number of rotatable bonds is 6. The minimum absolute atomic E-state index is 0.0988. The molecule has 10 heteroatoms. The Morgan fingerprint density at radius 2 is 1.70 bits per heavy atom. The fourth-order valence-corrected chi connectivity index (χ4v) is 4.60. The van der Waals surface area contributed by atoms with Crippen LogP contribution in [0, 0.1) is 0 Å². The van der Waals surface area contributed by atoms with Gasteiger partial charge in [-0.3, -0.25) is 9.10 Å². The van der Waals surface area contributed by atoms with Crippen LogP contribution < -0.4 is 13.9 Å². The number of hydrogen-bond donors (Lipinski definition) is 0. The van der Waals surface area contributed by atoms with Crippen LogP contribution >= 0.6 is 23.2 Å². The van der Waals surface area contributed by atoms with Gasteiger partial charge in [0.05, 0.1) is 29.1 Å². The van der Waals surface area contributed by atoms with Gasteiger partial charge in [-0.25, -0.2) is 8.42 Å². The first-order valence-electron chi connectivity index (χ1n) is 9.29. The lowest BCUT2D eigenvalue weighted by molar-refractivity contribution is -0.129. The summed E-state index contributed by atoms with van der Waals surface area (Å²) in [4.78, 5) is 16.7. The Balaban J connectivity index is 1.68. The molecule has 1 fully saturated rings. The van der Waals surface area contributed by atoms with E-state index in [4.69, 9.17) is 27.9 Å². The van der Waals surface area contributed by atoms with Crippen LogP contribution in [0.2, 0.25) is 10.0 Å². The number of ether oxygens (including phenoxy) is 1. The van der Waals surface area contributed by atoms with Crippen molar-refractivity contribution in [3.8, 4) is 5.75 Å². The summed E-state index contributed by atoms with van der Waals surface area (Å²) in [6.45, 7) is 1.95. The number of nitrogens with zero attached hydrogens (tertiary/aromatic N) is 3. The van der Waals surface area contributed by atoms with E-state index in [1.807, 2.05) is 24.3 Å². The molecule has 0 aromatic heterocycles. The normalized spacial score (nSPS) is 14.5. The molecule has 1 saturated heterocycles. The molecule has 0 unspecified atom stereocenters. The van der Waals surface area contributed by atoms with Gasteiger partial charge in [-0.2, -0.15) is 0 Å². The minimum Gasteiger partial charge on any atom is -0.497 e. The van der Waals surface area contributed by atoms with Gasteiger partial charge in [0.2, 0.25) is 15.9 Å². The van der Waals surface area contributed by atoms with Gasteiger partial charge < -0.3 is 14.5 Å². The second-order valence-corrected chi connectivity index (χ2v) is 9.60. The third-order valence-corrected chi connectivity index (χ3v) is 6.88. The van der Waals surface area contributed by atoms with E-state index >= 15 is 0 Å². The Hall–Kier alpha value is -2.16. The van der Waals surface area contributed by atoms with E-state index in [0.29, 0.717) is 26.2 Å². The molecule has 162 valence electrons. The van der Waals surface area contributed by atoms with Crippen molar-refractivity contribution in [1.29, 1.82) is 0 Å². The molecular formula is C20H23Cl2N3O4S. The first-order chi connectivity index (χ1) is 14.2. The molecule has 7 nitrogen and oxygen atoms in total. The molecule has 30 heavy (non-hydrogen) atoms. The predicted octanol–water partition coefficient (Wildman–Crippen LogP) is 3.12. The van der Waals surface area contributed by atoms with E-state index in [0.717, 1.165) is 22.0 Å². The molecule has 0 saturated carbocycles. The number of carbonyl (C=O) groups is 1. The second-order valence-electron chi connectivity index (χ2n) is 6.91. The highest BCUT2D eigenvalue weighted by atomic mass is 35.5. The maximum Gasteiger partial charge on any atom is 0.243 e.